The maximum atomic E-state index is 13.4. The molecule has 9 heteroatoms. The lowest BCUT2D eigenvalue weighted by atomic mass is 10.0. The normalized spacial score (nSPS) is 13.5. The second-order valence-electron chi connectivity index (χ2n) is 8.21. The molecule has 0 bridgehead atoms. The summed E-state index contributed by atoms with van der Waals surface area (Å²) in [6, 6.07) is 26.1. The first-order chi connectivity index (χ1) is 17.9. The van der Waals surface area contributed by atoms with Crippen LogP contribution in [0.3, 0.4) is 0 Å². The van der Waals surface area contributed by atoms with E-state index in [1.807, 2.05) is 30.3 Å². The van der Waals surface area contributed by atoms with Gasteiger partial charge >= 0.3 is 6.16 Å². The summed E-state index contributed by atoms with van der Waals surface area (Å²) in [5.74, 6) is -0.313. The molecule has 0 fully saturated rings. The molecule has 4 aromatic rings. The number of nitrogens with one attached hydrogen (secondary N) is 1. The lowest BCUT2D eigenvalue weighted by Gasteiger charge is -2.17. The third kappa shape index (κ3) is 4.96. The Hall–Kier alpha value is -4.82. The van der Waals surface area contributed by atoms with Crippen LogP contribution in [0.5, 0.6) is 11.5 Å². The van der Waals surface area contributed by atoms with Crippen LogP contribution in [0, 0.1) is 0 Å². The monoisotopic (exact) mass is 513 g/mol. The van der Waals surface area contributed by atoms with Gasteiger partial charge in [-0.3, -0.25) is 10.2 Å². The Kier molecular flexibility index (Phi) is 6.49. The third-order valence-electron chi connectivity index (χ3n) is 5.81. The Morgan fingerprint density at radius 3 is 2.51 bits per heavy atom. The first kappa shape index (κ1) is 23.9. The fraction of sp³-hybridized carbons (Fsp3) is 0.0357. The van der Waals surface area contributed by atoms with Crippen LogP contribution in [0.25, 0.3) is 11.1 Å². The van der Waals surface area contributed by atoms with Crippen molar-refractivity contribution in [2.24, 2.45) is 5.10 Å². The largest absolute Gasteiger partial charge is 0.511 e. The highest BCUT2D eigenvalue weighted by molar-refractivity contribution is 6.54. The summed E-state index contributed by atoms with van der Waals surface area (Å²) < 4.78 is 4.71. The maximum Gasteiger partial charge on any atom is 0.511 e. The number of benzene rings is 4. The van der Waals surface area contributed by atoms with Crippen molar-refractivity contribution in [1.82, 2.24) is 0 Å². The Labute approximate surface area is 217 Å². The molecule has 0 saturated heterocycles. The van der Waals surface area contributed by atoms with Crippen LogP contribution in [0.15, 0.2) is 96.1 Å². The number of aromatic hydroxyl groups is 1. The highest BCUT2D eigenvalue weighted by Crippen LogP contribution is 2.37. The molecule has 0 atom stereocenters. The SMILES string of the molecule is O=C(O)Oc1cccc(-c2cccc(NN=C3C(=O)N(Cc4ccccc4)c4ccc(Cl)cc43)c2O)c1. The van der Waals surface area contributed by atoms with E-state index in [1.165, 1.54) is 12.1 Å². The quantitative estimate of drug-likeness (QED) is 0.124. The Bertz CT molecular complexity index is 1540. The van der Waals surface area contributed by atoms with E-state index in [9.17, 15) is 14.7 Å². The van der Waals surface area contributed by atoms with Gasteiger partial charge in [0.25, 0.3) is 5.91 Å². The number of carbonyl (C=O) groups excluding carboxylic acids is 1. The zero-order valence-electron chi connectivity index (χ0n) is 19.3. The summed E-state index contributed by atoms with van der Waals surface area (Å²) in [6.07, 6.45) is -1.43. The Morgan fingerprint density at radius 1 is 0.946 bits per heavy atom. The first-order valence-corrected chi connectivity index (χ1v) is 11.6. The minimum atomic E-state index is -1.43. The summed E-state index contributed by atoms with van der Waals surface area (Å²) in [4.78, 5) is 25.9. The zero-order chi connectivity index (χ0) is 25.9. The number of nitrogens with zero attached hydrogens (tertiary/aromatic N) is 2. The molecule has 0 saturated carbocycles. The van der Waals surface area contributed by atoms with Crippen LogP contribution in [0.2, 0.25) is 5.02 Å². The average molecular weight is 514 g/mol. The molecule has 37 heavy (non-hydrogen) atoms. The number of hydrogen-bond donors (Lipinski definition) is 3. The molecule has 4 aromatic carbocycles. The third-order valence-corrected chi connectivity index (χ3v) is 6.05. The number of fused-ring (bicyclic) bond motifs is 1. The van der Waals surface area contributed by atoms with Crippen molar-refractivity contribution in [1.29, 1.82) is 0 Å². The van der Waals surface area contributed by atoms with Gasteiger partial charge in [-0.25, -0.2) is 4.79 Å². The molecule has 1 aliphatic rings. The molecule has 0 aliphatic carbocycles. The van der Waals surface area contributed by atoms with Crippen molar-refractivity contribution in [3.63, 3.8) is 0 Å². The number of carbonyl (C=O) groups is 2. The molecule has 184 valence electrons. The van der Waals surface area contributed by atoms with Crippen LogP contribution in [0.4, 0.5) is 16.2 Å². The molecule has 0 unspecified atom stereocenters. The van der Waals surface area contributed by atoms with Gasteiger partial charge in [-0.15, -0.1) is 0 Å². The predicted molar refractivity (Wildman–Crippen MR) is 141 cm³/mol. The van der Waals surface area contributed by atoms with Crippen molar-refractivity contribution < 1.29 is 24.5 Å². The zero-order valence-corrected chi connectivity index (χ0v) is 20.0. The van der Waals surface area contributed by atoms with E-state index in [2.05, 4.69) is 10.5 Å². The lowest BCUT2D eigenvalue weighted by molar-refractivity contribution is -0.112. The van der Waals surface area contributed by atoms with Crippen LogP contribution in [-0.2, 0) is 11.3 Å². The van der Waals surface area contributed by atoms with Gasteiger partial charge in [-0.05, 0) is 47.5 Å². The number of phenolic OH excluding ortho intramolecular Hbond substituents is 1. The van der Waals surface area contributed by atoms with E-state index in [-0.39, 0.29) is 28.8 Å². The smallest absolute Gasteiger partial charge is 0.505 e. The van der Waals surface area contributed by atoms with Crippen molar-refractivity contribution in [3.8, 4) is 22.6 Å². The molecule has 5 rings (SSSR count). The van der Waals surface area contributed by atoms with Gasteiger partial charge in [-0.2, -0.15) is 5.10 Å². The lowest BCUT2D eigenvalue weighted by Crippen LogP contribution is -2.30. The molecule has 0 aromatic heterocycles. The van der Waals surface area contributed by atoms with Gasteiger partial charge in [0.1, 0.15) is 11.5 Å². The van der Waals surface area contributed by atoms with E-state index >= 15 is 0 Å². The molecule has 0 radical (unpaired) electrons. The second-order valence-corrected chi connectivity index (χ2v) is 8.64. The van der Waals surface area contributed by atoms with Crippen molar-refractivity contribution in [3.05, 3.63) is 107 Å². The first-order valence-electron chi connectivity index (χ1n) is 11.2. The van der Waals surface area contributed by atoms with E-state index in [4.69, 9.17) is 21.4 Å². The number of anilines is 2. The highest BCUT2D eigenvalue weighted by atomic mass is 35.5. The summed E-state index contributed by atoms with van der Waals surface area (Å²) in [7, 11) is 0. The Balaban J connectivity index is 1.46. The van der Waals surface area contributed by atoms with Crippen molar-refractivity contribution in [2.75, 3.05) is 10.3 Å². The molecule has 1 heterocycles. The fourth-order valence-corrected chi connectivity index (χ4v) is 4.30. The van der Waals surface area contributed by atoms with Crippen molar-refractivity contribution >= 4 is 40.7 Å². The van der Waals surface area contributed by atoms with Crippen LogP contribution >= 0.6 is 11.6 Å². The molecule has 3 N–H and O–H groups in total. The highest BCUT2D eigenvalue weighted by Gasteiger charge is 2.34. The molecule has 1 amide bonds. The summed E-state index contributed by atoms with van der Waals surface area (Å²) in [6.45, 7) is 0.364. The summed E-state index contributed by atoms with van der Waals surface area (Å²) in [5, 5.41) is 24.6. The minimum absolute atomic E-state index is 0.117. The minimum Gasteiger partial charge on any atom is -0.505 e. The second kappa shape index (κ2) is 10.0. The standard InChI is InChI=1S/C28H20ClN3O5/c29-19-12-13-24-22(15-19)25(27(34)32(24)16-17-6-2-1-3-7-17)31-30-23-11-5-10-21(26(23)33)18-8-4-9-20(14-18)37-28(35)36/h1-15,30,33H,16H2,(H,35,36). The molecule has 1 aliphatic heterocycles. The Morgan fingerprint density at radius 2 is 1.73 bits per heavy atom. The van der Waals surface area contributed by atoms with Gasteiger partial charge in [0.15, 0.2) is 5.71 Å². The van der Waals surface area contributed by atoms with Crippen LogP contribution in [-0.4, -0.2) is 28.0 Å². The number of rotatable bonds is 6. The van der Waals surface area contributed by atoms with E-state index in [1.54, 1.807) is 53.4 Å². The number of ether oxygens (including phenoxy) is 1. The number of para-hydroxylation sites is 1. The molecule has 0 spiro atoms. The van der Waals surface area contributed by atoms with Crippen molar-refractivity contribution in [2.45, 2.75) is 6.54 Å². The number of phenols is 1. The predicted octanol–water partition coefficient (Wildman–Crippen LogP) is 6.13. The summed E-state index contributed by atoms with van der Waals surface area (Å²) >= 11 is 6.23. The van der Waals surface area contributed by atoms with Gasteiger partial charge in [0.05, 0.1) is 17.9 Å². The number of carboxylic acid groups (broad SMARTS) is 1. The molecule has 8 nitrogen and oxygen atoms in total. The molecular weight excluding hydrogens is 494 g/mol. The van der Waals surface area contributed by atoms with Gasteiger partial charge in [-0.1, -0.05) is 66.2 Å². The van der Waals surface area contributed by atoms with Crippen LogP contribution in [0.1, 0.15) is 11.1 Å². The average Bonchev–Trinajstić information content (AvgIpc) is 3.13. The summed E-state index contributed by atoms with van der Waals surface area (Å²) in [5.41, 5.74) is 6.42. The van der Waals surface area contributed by atoms with E-state index in [0.29, 0.717) is 33.9 Å². The van der Waals surface area contributed by atoms with Gasteiger partial charge in [0, 0.05) is 16.1 Å². The number of hydrogen-bond acceptors (Lipinski definition) is 6. The maximum absolute atomic E-state index is 13.4. The van der Waals surface area contributed by atoms with Gasteiger partial charge < -0.3 is 19.8 Å². The van der Waals surface area contributed by atoms with Gasteiger partial charge in [0.2, 0.25) is 0 Å². The number of amides is 1. The van der Waals surface area contributed by atoms with E-state index < -0.39 is 6.16 Å². The number of hydrazone groups is 1. The number of halogens is 1. The topological polar surface area (TPSA) is 111 Å². The van der Waals surface area contributed by atoms with E-state index in [0.717, 1.165) is 5.56 Å². The fourth-order valence-electron chi connectivity index (χ4n) is 4.13. The molecular formula is C28H20ClN3O5. The van der Waals surface area contributed by atoms with Crippen LogP contribution < -0.4 is 15.1 Å².